The van der Waals surface area contributed by atoms with Crippen molar-refractivity contribution in [1.29, 1.82) is 0 Å². The molecule has 0 aliphatic heterocycles. The summed E-state index contributed by atoms with van der Waals surface area (Å²) in [6, 6.07) is 11.8. The average Bonchev–Trinajstić information content (AvgIpc) is 3.07. The van der Waals surface area contributed by atoms with Gasteiger partial charge >= 0.3 is 0 Å². The van der Waals surface area contributed by atoms with Crippen molar-refractivity contribution >= 4 is 5.69 Å². The van der Waals surface area contributed by atoms with Crippen LogP contribution in [0.5, 0.6) is 0 Å². The first-order valence-electron chi connectivity index (χ1n) is 10.8. The summed E-state index contributed by atoms with van der Waals surface area (Å²) < 4.78 is 4.20. The van der Waals surface area contributed by atoms with E-state index < -0.39 is 5.60 Å². The van der Waals surface area contributed by atoms with Crippen LogP contribution in [0.15, 0.2) is 64.2 Å². The fourth-order valence-electron chi connectivity index (χ4n) is 3.94. The monoisotopic (exact) mass is 419 g/mol. The Labute approximate surface area is 184 Å². The van der Waals surface area contributed by atoms with Crippen LogP contribution in [0, 0.1) is 20.8 Å². The molecule has 0 radical (unpaired) electrons. The number of hydrogen-bond acceptors (Lipinski definition) is 3. The zero-order chi connectivity index (χ0) is 22.6. The maximum Gasteiger partial charge on any atom is 0.236 e. The smallest absolute Gasteiger partial charge is 0.236 e. The summed E-state index contributed by atoms with van der Waals surface area (Å²) in [5.41, 5.74) is 5.79. The minimum Gasteiger partial charge on any atom is -0.386 e. The lowest BCUT2D eigenvalue weighted by Crippen LogP contribution is -2.25. The molecule has 0 saturated heterocycles. The highest BCUT2D eigenvalue weighted by atomic mass is 16.3. The van der Waals surface area contributed by atoms with Crippen molar-refractivity contribution in [3.05, 3.63) is 76.7 Å². The zero-order valence-electron chi connectivity index (χ0n) is 19.4. The number of aromatic nitrogens is 2. The number of aliphatic hydroxyl groups is 1. The molecule has 0 fully saturated rings. The first kappa shape index (κ1) is 22.7. The average molecular weight is 420 g/mol. The van der Waals surface area contributed by atoms with Gasteiger partial charge in [0.25, 0.3) is 0 Å². The van der Waals surface area contributed by atoms with Crippen molar-refractivity contribution in [3.8, 4) is 5.69 Å². The SMILES string of the molecule is CCCCn1ccn(-c2c(C)cc(C)cc2C)/c1=N\N=Nc1ccccc1C(C)(C)O. The number of unbranched alkanes of at least 4 members (excludes halogenated alkanes) is 1. The van der Waals surface area contributed by atoms with Crippen molar-refractivity contribution in [1.82, 2.24) is 9.13 Å². The van der Waals surface area contributed by atoms with Gasteiger partial charge in [-0.3, -0.25) is 4.57 Å². The van der Waals surface area contributed by atoms with E-state index >= 15 is 0 Å². The summed E-state index contributed by atoms with van der Waals surface area (Å²) >= 11 is 0. The molecule has 6 nitrogen and oxygen atoms in total. The van der Waals surface area contributed by atoms with Gasteiger partial charge in [0.2, 0.25) is 5.62 Å². The Bertz CT molecular complexity index is 1120. The third-order valence-corrected chi connectivity index (χ3v) is 5.35. The van der Waals surface area contributed by atoms with Crippen LogP contribution in [0.3, 0.4) is 0 Å². The van der Waals surface area contributed by atoms with Gasteiger partial charge in [0.15, 0.2) is 0 Å². The summed E-state index contributed by atoms with van der Waals surface area (Å²) in [4.78, 5) is 0. The van der Waals surface area contributed by atoms with Crippen molar-refractivity contribution in [2.45, 2.75) is 66.5 Å². The summed E-state index contributed by atoms with van der Waals surface area (Å²) in [6.45, 7) is 12.9. The van der Waals surface area contributed by atoms with Gasteiger partial charge in [-0.25, -0.2) is 0 Å². The molecule has 1 heterocycles. The van der Waals surface area contributed by atoms with E-state index in [1.54, 1.807) is 13.8 Å². The maximum absolute atomic E-state index is 10.4. The Morgan fingerprint density at radius 1 is 1.00 bits per heavy atom. The summed E-state index contributed by atoms with van der Waals surface area (Å²) in [6.07, 6.45) is 6.25. The maximum atomic E-state index is 10.4. The van der Waals surface area contributed by atoms with Crippen LogP contribution in [-0.4, -0.2) is 14.2 Å². The molecule has 0 amide bonds. The summed E-state index contributed by atoms with van der Waals surface area (Å²) in [5.74, 6) is 0. The molecule has 1 aromatic heterocycles. The van der Waals surface area contributed by atoms with Crippen molar-refractivity contribution in [3.63, 3.8) is 0 Å². The largest absolute Gasteiger partial charge is 0.386 e. The highest BCUT2D eigenvalue weighted by Crippen LogP contribution is 2.29. The van der Waals surface area contributed by atoms with Crippen molar-refractivity contribution in [2.75, 3.05) is 0 Å². The molecule has 0 bridgehead atoms. The van der Waals surface area contributed by atoms with Gasteiger partial charge in [-0.1, -0.05) is 54.3 Å². The van der Waals surface area contributed by atoms with Gasteiger partial charge in [0, 0.05) is 24.5 Å². The topological polar surface area (TPSA) is 67.2 Å². The molecule has 164 valence electrons. The van der Waals surface area contributed by atoms with Gasteiger partial charge in [-0.15, -0.1) is 5.11 Å². The van der Waals surface area contributed by atoms with Crippen LogP contribution in [0.2, 0.25) is 0 Å². The zero-order valence-corrected chi connectivity index (χ0v) is 19.4. The van der Waals surface area contributed by atoms with Gasteiger partial charge in [0.1, 0.15) is 0 Å². The highest BCUT2D eigenvalue weighted by Gasteiger charge is 2.19. The second kappa shape index (κ2) is 9.43. The minimum absolute atomic E-state index is 0.611. The highest BCUT2D eigenvalue weighted by molar-refractivity contribution is 5.49. The Morgan fingerprint density at radius 3 is 2.32 bits per heavy atom. The third-order valence-electron chi connectivity index (χ3n) is 5.35. The first-order chi connectivity index (χ1) is 14.7. The van der Waals surface area contributed by atoms with E-state index in [0.29, 0.717) is 11.3 Å². The van der Waals surface area contributed by atoms with E-state index in [1.165, 1.54) is 16.7 Å². The lowest BCUT2D eigenvalue weighted by atomic mass is 9.97. The third kappa shape index (κ3) is 5.20. The van der Waals surface area contributed by atoms with Crippen LogP contribution in [0.25, 0.3) is 5.69 Å². The number of hydrogen-bond donors (Lipinski definition) is 1. The molecule has 0 unspecified atom stereocenters. The fraction of sp³-hybridized carbons (Fsp3) is 0.400. The Balaban J connectivity index is 2.11. The fourth-order valence-corrected chi connectivity index (χ4v) is 3.94. The van der Waals surface area contributed by atoms with Gasteiger partial charge in [-0.05, 0) is 63.5 Å². The normalized spacial score (nSPS) is 12.8. The molecule has 3 rings (SSSR count). The van der Waals surface area contributed by atoms with E-state index in [-0.39, 0.29) is 0 Å². The predicted molar refractivity (Wildman–Crippen MR) is 125 cm³/mol. The Hall–Kier alpha value is -2.99. The summed E-state index contributed by atoms with van der Waals surface area (Å²) in [5, 5.41) is 23.5. The Kier molecular flexibility index (Phi) is 6.91. The molecule has 3 aromatic rings. The van der Waals surface area contributed by atoms with Crippen molar-refractivity contribution in [2.24, 2.45) is 15.4 Å². The number of rotatable bonds is 7. The molecule has 6 heteroatoms. The van der Waals surface area contributed by atoms with E-state index in [2.05, 4.69) is 64.4 Å². The van der Waals surface area contributed by atoms with Crippen LogP contribution < -0.4 is 5.62 Å². The first-order valence-corrected chi connectivity index (χ1v) is 10.8. The molecule has 1 N–H and O–H groups in total. The van der Waals surface area contributed by atoms with Gasteiger partial charge in [-0.2, -0.15) is 0 Å². The van der Waals surface area contributed by atoms with Crippen LogP contribution in [-0.2, 0) is 12.1 Å². The molecular formula is C25H33N5O. The van der Waals surface area contributed by atoms with E-state index in [4.69, 9.17) is 0 Å². The number of benzene rings is 2. The standard InChI is InChI=1S/C25H33N5O/c1-7-8-13-29-14-15-30(23-19(3)16-18(2)17-20(23)4)24(29)27-28-26-22-12-10-9-11-21(22)25(5,6)31/h9-12,14-17,31H,7-8,13H2,1-6H3/b27-24-,28-26?. The second-order valence-electron chi connectivity index (χ2n) is 8.63. The lowest BCUT2D eigenvalue weighted by Gasteiger charge is -2.18. The predicted octanol–water partition coefficient (Wildman–Crippen LogP) is 5.83. The molecule has 0 saturated carbocycles. The number of nitrogens with zero attached hydrogens (tertiary/aromatic N) is 5. The van der Waals surface area contributed by atoms with Crippen LogP contribution in [0.4, 0.5) is 5.69 Å². The molecule has 0 aliphatic carbocycles. The van der Waals surface area contributed by atoms with E-state index in [1.807, 2.05) is 36.7 Å². The molecule has 0 aliphatic rings. The van der Waals surface area contributed by atoms with Gasteiger partial charge in [0.05, 0.1) is 17.0 Å². The lowest BCUT2D eigenvalue weighted by molar-refractivity contribution is 0.0792. The quantitative estimate of drug-likeness (QED) is 0.380. The van der Waals surface area contributed by atoms with E-state index in [9.17, 15) is 5.11 Å². The Morgan fingerprint density at radius 2 is 1.68 bits per heavy atom. The number of imidazole rings is 1. The van der Waals surface area contributed by atoms with Crippen molar-refractivity contribution < 1.29 is 5.11 Å². The molecule has 2 aromatic carbocycles. The molecular weight excluding hydrogens is 386 g/mol. The minimum atomic E-state index is -1.01. The molecule has 0 atom stereocenters. The van der Waals surface area contributed by atoms with E-state index in [0.717, 1.165) is 30.7 Å². The summed E-state index contributed by atoms with van der Waals surface area (Å²) in [7, 11) is 0. The molecule has 0 spiro atoms. The van der Waals surface area contributed by atoms with Crippen LogP contribution in [0.1, 0.15) is 55.9 Å². The second-order valence-corrected chi connectivity index (χ2v) is 8.63. The number of aryl methyl sites for hydroxylation is 4. The molecule has 31 heavy (non-hydrogen) atoms. The van der Waals surface area contributed by atoms with Crippen LogP contribution >= 0.6 is 0 Å². The van der Waals surface area contributed by atoms with Gasteiger partial charge < -0.3 is 9.67 Å².